The molecule has 6 heteroatoms. The van der Waals surface area contributed by atoms with Crippen molar-refractivity contribution in [2.24, 2.45) is 0 Å². The van der Waals surface area contributed by atoms with E-state index in [-0.39, 0.29) is 21.7 Å². The Balaban J connectivity index is 0.000000156. The summed E-state index contributed by atoms with van der Waals surface area (Å²) in [5, 5.41) is 2.27. The maximum absolute atomic E-state index is 5.08. The first-order chi connectivity index (χ1) is 51.6. The summed E-state index contributed by atoms with van der Waals surface area (Å²) in [7, 11) is 0. The molecule has 0 N–H and O–H groups in total. The molecule has 6 nitrogen and oxygen atoms in total. The van der Waals surface area contributed by atoms with Crippen molar-refractivity contribution >= 4 is 10.8 Å². The van der Waals surface area contributed by atoms with Crippen LogP contribution in [0.2, 0.25) is 0 Å². The minimum Gasteiger partial charge on any atom is -0.208 e. The Labute approximate surface area is 622 Å². The minimum atomic E-state index is -0.112. The van der Waals surface area contributed by atoms with Crippen LogP contribution in [0.3, 0.4) is 0 Å². The van der Waals surface area contributed by atoms with Crippen molar-refractivity contribution in [1.29, 1.82) is 0 Å². The average Bonchev–Trinajstić information content (AvgIpc) is 0.710. The molecular formula is C100H80N6. The number of benzene rings is 14. The molecule has 2 aliphatic rings. The van der Waals surface area contributed by atoms with Crippen LogP contribution < -0.4 is 0 Å². The second-order valence-corrected chi connectivity index (χ2v) is 30.1. The molecule has 0 bridgehead atoms. The summed E-state index contributed by atoms with van der Waals surface area (Å²) in [6, 6.07) is 121. The minimum absolute atomic E-state index is 0.0534. The van der Waals surface area contributed by atoms with E-state index in [1.807, 2.05) is 97.1 Å². The van der Waals surface area contributed by atoms with Crippen LogP contribution in [-0.4, -0.2) is 29.9 Å². The lowest BCUT2D eigenvalue weighted by atomic mass is 9.54. The molecule has 0 unspecified atom stereocenters. The van der Waals surface area contributed by atoms with Gasteiger partial charge < -0.3 is 0 Å². The van der Waals surface area contributed by atoms with E-state index in [0.717, 1.165) is 49.7 Å². The first kappa shape index (κ1) is 66.6. The summed E-state index contributed by atoms with van der Waals surface area (Å²) in [4.78, 5) is 29.9. The van der Waals surface area contributed by atoms with E-state index < -0.39 is 0 Å². The van der Waals surface area contributed by atoms with Crippen molar-refractivity contribution in [3.8, 4) is 146 Å². The molecule has 0 saturated carbocycles. The van der Waals surface area contributed by atoms with E-state index in [1.54, 1.807) is 0 Å². The predicted molar refractivity (Wildman–Crippen MR) is 440 cm³/mol. The van der Waals surface area contributed by atoms with E-state index in [0.29, 0.717) is 34.9 Å². The van der Waals surface area contributed by atoms with Gasteiger partial charge in [0.2, 0.25) is 0 Å². The molecule has 14 aromatic carbocycles. The van der Waals surface area contributed by atoms with Crippen LogP contribution in [0.15, 0.2) is 340 Å². The zero-order valence-corrected chi connectivity index (χ0v) is 61.0. The molecule has 0 aliphatic heterocycles. The molecule has 0 fully saturated rings. The van der Waals surface area contributed by atoms with Crippen LogP contribution in [0.25, 0.3) is 157 Å². The van der Waals surface area contributed by atoms with Crippen LogP contribution in [0.4, 0.5) is 0 Å². The van der Waals surface area contributed by atoms with Gasteiger partial charge in [-0.3, -0.25) is 0 Å². The second kappa shape index (κ2) is 26.9. The van der Waals surface area contributed by atoms with Crippen LogP contribution >= 0.6 is 0 Å². The lowest BCUT2D eigenvalue weighted by molar-refractivity contribution is 0.299. The van der Waals surface area contributed by atoms with Crippen LogP contribution in [-0.2, 0) is 21.7 Å². The Morgan fingerprint density at radius 1 is 0.160 bits per heavy atom. The van der Waals surface area contributed by atoms with Gasteiger partial charge in [0.05, 0.1) is 0 Å². The number of hydrogen-bond donors (Lipinski definition) is 0. The highest BCUT2D eigenvalue weighted by Crippen LogP contribution is 2.58. The van der Waals surface area contributed by atoms with E-state index in [2.05, 4.69) is 298 Å². The molecule has 0 radical (unpaired) electrons. The number of hydrogen-bond acceptors (Lipinski definition) is 6. The van der Waals surface area contributed by atoms with Gasteiger partial charge in [0.15, 0.2) is 34.9 Å². The third kappa shape index (κ3) is 11.8. The van der Waals surface area contributed by atoms with Crippen molar-refractivity contribution in [3.05, 3.63) is 362 Å². The average molecular weight is 1370 g/mol. The molecule has 0 atom stereocenters. The van der Waals surface area contributed by atoms with Crippen LogP contribution in [0.5, 0.6) is 0 Å². The van der Waals surface area contributed by atoms with Gasteiger partial charge in [-0.25, -0.2) is 29.9 Å². The summed E-state index contributed by atoms with van der Waals surface area (Å²) in [5.74, 6) is 3.94. The fourth-order valence-corrected chi connectivity index (χ4v) is 16.0. The van der Waals surface area contributed by atoms with Gasteiger partial charge in [0.25, 0.3) is 0 Å². The third-order valence-corrected chi connectivity index (χ3v) is 23.3. The topological polar surface area (TPSA) is 77.3 Å². The maximum Gasteiger partial charge on any atom is 0.164 e. The van der Waals surface area contributed by atoms with Crippen molar-refractivity contribution < 1.29 is 0 Å². The van der Waals surface area contributed by atoms with Gasteiger partial charge in [-0.15, -0.1) is 0 Å². The molecule has 16 aromatic rings. The fourth-order valence-electron chi connectivity index (χ4n) is 16.0. The highest BCUT2D eigenvalue weighted by atomic mass is 15.0. The quantitative estimate of drug-likeness (QED) is 0.128. The standard InChI is InChI=1S/C51H41N3.C49H39N3/c1-50(2)44-26-16-25-42(46(44)43-32-31-39(33-45(43)51(50,3)4)34-17-8-5-9-18-34)41-24-15-14-23-40(41)35-27-29-38(30-28-35)49-53-47(36-19-10-6-11-20-36)52-48(54-49)37-21-12-7-13-22-37;1-48(2)43-28-26-35(32-16-8-5-9-17-32)30-41(43)42-31-36(27-29-44(42)49(48,3)4)37-22-14-24-39-38(37)23-15-25-40(39)47-51-45(33-18-10-6-11-19-33)50-46(52-47)34-20-12-7-13-21-34/h5-33H,1-4H3;5-31H,1-4H3. The van der Waals surface area contributed by atoms with Crippen molar-refractivity contribution in [1.82, 2.24) is 29.9 Å². The third-order valence-electron chi connectivity index (χ3n) is 23.3. The zero-order valence-electron chi connectivity index (χ0n) is 61.0. The van der Waals surface area contributed by atoms with Gasteiger partial charge in [0.1, 0.15) is 0 Å². The number of nitrogens with zero attached hydrogens (tertiary/aromatic N) is 6. The smallest absolute Gasteiger partial charge is 0.164 e. The number of rotatable bonds is 11. The van der Waals surface area contributed by atoms with Crippen LogP contribution in [0.1, 0.15) is 77.6 Å². The van der Waals surface area contributed by atoms with Crippen LogP contribution in [0, 0.1) is 0 Å². The summed E-state index contributed by atoms with van der Waals surface area (Å²) in [6.45, 7) is 19.2. The summed E-state index contributed by atoms with van der Waals surface area (Å²) < 4.78 is 0. The molecule has 0 amide bonds. The van der Waals surface area contributed by atoms with Gasteiger partial charge >= 0.3 is 0 Å². The number of aromatic nitrogens is 6. The molecule has 2 aromatic heterocycles. The summed E-state index contributed by atoms with van der Waals surface area (Å²) in [6.07, 6.45) is 0. The van der Waals surface area contributed by atoms with E-state index >= 15 is 0 Å². The first-order valence-electron chi connectivity index (χ1n) is 36.7. The summed E-state index contributed by atoms with van der Waals surface area (Å²) >= 11 is 0. The fraction of sp³-hybridized carbons (Fsp3) is 0.120. The van der Waals surface area contributed by atoms with Gasteiger partial charge in [-0.2, -0.15) is 0 Å². The lowest BCUT2D eigenvalue weighted by Crippen LogP contribution is -2.43. The van der Waals surface area contributed by atoms with Crippen molar-refractivity contribution in [2.75, 3.05) is 0 Å². The Bertz CT molecular complexity index is 5850. The molecule has 18 rings (SSSR count). The maximum atomic E-state index is 5.08. The normalized spacial score (nSPS) is 14.0. The largest absolute Gasteiger partial charge is 0.208 e. The molecular weight excluding hydrogens is 1290 g/mol. The predicted octanol–water partition coefficient (Wildman–Crippen LogP) is 25.7. The summed E-state index contributed by atoms with van der Waals surface area (Å²) in [5.41, 5.74) is 28.4. The molecule has 2 heterocycles. The molecule has 0 spiro atoms. The molecule has 510 valence electrons. The molecule has 2 aliphatic carbocycles. The van der Waals surface area contributed by atoms with Gasteiger partial charge in [0, 0.05) is 33.4 Å². The zero-order chi connectivity index (χ0) is 72.3. The monoisotopic (exact) mass is 1360 g/mol. The SMILES string of the molecule is CC1(C)c2cc(-c3ccccc3)ccc2-c2c(-c3ccccc3-c3ccc(-c4nc(-c5ccccc5)nc(-c5ccccc5)n4)cc3)cccc2C1(C)C.CC1(C)c2ccc(-c3ccccc3)cc2-c2cc(-c3cccc4c(-c5nc(-c6ccccc6)nc(-c6ccccc6)n5)cccc34)ccc2C1(C)C. The Morgan fingerprint density at radius 3 is 0.953 bits per heavy atom. The van der Waals surface area contributed by atoms with Gasteiger partial charge in [-0.1, -0.05) is 377 Å². The number of fused-ring (bicyclic) bond motifs is 7. The molecule has 106 heavy (non-hydrogen) atoms. The Hall–Kier alpha value is -12.6. The van der Waals surface area contributed by atoms with E-state index in [9.17, 15) is 0 Å². The van der Waals surface area contributed by atoms with E-state index in [4.69, 9.17) is 29.9 Å². The molecule has 0 saturated heterocycles. The second-order valence-electron chi connectivity index (χ2n) is 30.1. The Morgan fingerprint density at radius 2 is 0.472 bits per heavy atom. The lowest BCUT2D eigenvalue weighted by Gasteiger charge is -2.49. The van der Waals surface area contributed by atoms with E-state index in [1.165, 1.54) is 94.6 Å². The Kier molecular flexibility index (Phi) is 16.9. The van der Waals surface area contributed by atoms with Crippen molar-refractivity contribution in [2.45, 2.75) is 77.0 Å². The first-order valence-corrected chi connectivity index (χ1v) is 36.7. The highest BCUT2D eigenvalue weighted by molar-refractivity contribution is 6.05. The highest BCUT2D eigenvalue weighted by Gasteiger charge is 2.48. The van der Waals surface area contributed by atoms with Gasteiger partial charge in [-0.05, 0) is 151 Å². The van der Waals surface area contributed by atoms with Crippen molar-refractivity contribution in [3.63, 3.8) is 0 Å².